The van der Waals surface area contributed by atoms with E-state index in [0.717, 1.165) is 0 Å². The molecule has 0 rings (SSSR count). The van der Waals surface area contributed by atoms with Gasteiger partial charge in [-0.1, -0.05) is 0 Å². The van der Waals surface area contributed by atoms with Crippen LogP contribution in [0.25, 0.3) is 0 Å². The zero-order valence-corrected chi connectivity index (χ0v) is 9.08. The molecule has 0 radical (unpaired) electrons. The molecule has 0 saturated heterocycles. The Morgan fingerprint density at radius 1 is 1.00 bits per heavy atom. The van der Waals surface area contributed by atoms with Crippen LogP contribution in [0.2, 0.25) is 0 Å². The summed E-state index contributed by atoms with van der Waals surface area (Å²) in [5.41, 5.74) is 0. The molecular weight excluding hydrogens is 274 g/mol. The van der Waals surface area contributed by atoms with Crippen LogP contribution in [-0.4, -0.2) is 44.2 Å². The number of rotatable bonds is 8. The molecule has 0 aromatic rings. The summed E-state index contributed by atoms with van der Waals surface area (Å²) >= 11 is 0. The number of hydrogen-bond acceptors (Lipinski definition) is 9. The maximum atomic E-state index is 10.9. The van der Waals surface area contributed by atoms with E-state index in [-0.39, 0.29) is 0 Å². The number of carboxylic acid groups (broad SMARTS) is 1. The maximum absolute atomic E-state index is 10.9. The Morgan fingerprint density at radius 3 is 1.74 bits per heavy atom. The monoisotopic (exact) mass is 281 g/mol. The molecule has 0 aliphatic heterocycles. The van der Waals surface area contributed by atoms with Gasteiger partial charge in [0.2, 0.25) is 0 Å². The maximum Gasteiger partial charge on any atom is 0.734 e. The first-order valence-corrected chi connectivity index (χ1v) is 4.45. The quantitative estimate of drug-likeness (QED) is 0.246. The smallest absolute Gasteiger partial charge is 0.481 e. The van der Waals surface area contributed by atoms with Gasteiger partial charge in [0, 0.05) is 0 Å². The molecule has 13 nitrogen and oxygen atoms in total. The lowest BCUT2D eigenvalue weighted by Gasteiger charge is -2.08. The van der Waals surface area contributed by atoms with E-state index in [0.29, 0.717) is 0 Å². The van der Waals surface area contributed by atoms with E-state index in [2.05, 4.69) is 4.74 Å². The summed E-state index contributed by atoms with van der Waals surface area (Å²) in [5.74, 6) is -6.61. The first kappa shape index (κ1) is 16.1. The SMILES string of the molecule is O=C(O)CCC(=O)OCC([N+](=O)[O-])([N+](=O)[O-])[N+](=O)[O-]. The van der Waals surface area contributed by atoms with Crippen LogP contribution in [0.5, 0.6) is 0 Å². The summed E-state index contributed by atoms with van der Waals surface area (Å²) in [7, 11) is 0. The van der Waals surface area contributed by atoms with Crippen LogP contribution in [0, 0.1) is 30.3 Å². The van der Waals surface area contributed by atoms with Crippen molar-refractivity contribution >= 4 is 11.9 Å². The van der Waals surface area contributed by atoms with E-state index in [9.17, 15) is 39.9 Å². The Bertz CT molecular complexity index is 395. The van der Waals surface area contributed by atoms with Crippen molar-refractivity contribution in [1.29, 1.82) is 0 Å². The first-order valence-electron chi connectivity index (χ1n) is 4.45. The van der Waals surface area contributed by atoms with Gasteiger partial charge in [-0.25, -0.2) is 0 Å². The van der Waals surface area contributed by atoms with Gasteiger partial charge in [0.15, 0.2) is 14.8 Å². The highest BCUT2D eigenvalue weighted by Gasteiger charge is 2.72. The summed E-state index contributed by atoms with van der Waals surface area (Å²) in [5, 5.41) is 39.5. The van der Waals surface area contributed by atoms with Crippen LogP contribution in [0.1, 0.15) is 12.8 Å². The van der Waals surface area contributed by atoms with E-state index >= 15 is 0 Å². The Hall–Kier alpha value is -2.86. The van der Waals surface area contributed by atoms with Gasteiger partial charge in [-0.05, 0) is 0 Å². The molecule has 19 heavy (non-hydrogen) atoms. The highest BCUT2D eigenvalue weighted by molar-refractivity contribution is 5.76. The Labute approximate surface area is 103 Å². The summed E-state index contributed by atoms with van der Waals surface area (Å²) < 4.78 is 4.01. The largest absolute Gasteiger partial charge is 0.734 e. The van der Waals surface area contributed by atoms with E-state index in [1.165, 1.54) is 0 Å². The molecule has 0 heterocycles. The molecule has 0 fully saturated rings. The Balaban J connectivity index is 4.82. The van der Waals surface area contributed by atoms with E-state index in [1.807, 2.05) is 0 Å². The van der Waals surface area contributed by atoms with Crippen LogP contribution >= 0.6 is 0 Å². The minimum Gasteiger partial charge on any atom is -0.481 e. The van der Waals surface area contributed by atoms with Crippen LogP contribution in [0.3, 0.4) is 0 Å². The van der Waals surface area contributed by atoms with Crippen molar-refractivity contribution in [3.8, 4) is 0 Å². The van der Waals surface area contributed by atoms with Crippen LogP contribution in [0.15, 0.2) is 0 Å². The second-order valence-electron chi connectivity index (χ2n) is 3.10. The molecular formula is C6H7N3O10. The van der Waals surface area contributed by atoms with Crippen molar-refractivity contribution in [2.24, 2.45) is 0 Å². The fourth-order valence-corrected chi connectivity index (χ4v) is 0.817. The third-order valence-corrected chi connectivity index (χ3v) is 1.85. The van der Waals surface area contributed by atoms with Crippen LogP contribution < -0.4 is 0 Å². The van der Waals surface area contributed by atoms with Crippen molar-refractivity contribution in [3.05, 3.63) is 30.3 Å². The number of carboxylic acids is 1. The average molecular weight is 281 g/mol. The van der Waals surface area contributed by atoms with Gasteiger partial charge in [0.25, 0.3) is 0 Å². The number of aliphatic carboxylic acids is 1. The molecule has 0 bridgehead atoms. The van der Waals surface area contributed by atoms with E-state index in [1.54, 1.807) is 0 Å². The predicted molar refractivity (Wildman–Crippen MR) is 51.5 cm³/mol. The molecule has 0 amide bonds. The lowest BCUT2D eigenvalue weighted by atomic mass is 10.3. The number of hydrogen-bond donors (Lipinski definition) is 1. The zero-order chi connectivity index (χ0) is 15.2. The van der Waals surface area contributed by atoms with Crippen molar-refractivity contribution in [3.63, 3.8) is 0 Å². The molecule has 0 aromatic carbocycles. The number of esters is 1. The molecule has 1 N–H and O–H groups in total. The third kappa shape index (κ3) is 3.83. The van der Waals surface area contributed by atoms with Gasteiger partial charge in [-0.2, -0.15) is 0 Å². The zero-order valence-electron chi connectivity index (χ0n) is 9.08. The number of nitrogens with zero attached hydrogens (tertiary/aromatic N) is 3. The lowest BCUT2D eigenvalue weighted by molar-refractivity contribution is -0.970. The first-order chi connectivity index (χ1) is 8.64. The molecule has 0 aromatic heterocycles. The molecule has 0 aliphatic rings. The minimum absolute atomic E-state index is 0.679. The Morgan fingerprint density at radius 2 is 1.42 bits per heavy atom. The highest BCUT2D eigenvalue weighted by Crippen LogP contribution is 2.13. The summed E-state index contributed by atoms with van der Waals surface area (Å²) in [6.45, 7) is -1.74. The Kier molecular flexibility index (Phi) is 5.25. The van der Waals surface area contributed by atoms with Crippen molar-refractivity contribution in [1.82, 2.24) is 0 Å². The normalized spacial score (nSPS) is 10.5. The average Bonchev–Trinajstić information content (AvgIpc) is 2.25. The topological polar surface area (TPSA) is 193 Å². The van der Waals surface area contributed by atoms with Crippen LogP contribution in [0.4, 0.5) is 0 Å². The fourth-order valence-electron chi connectivity index (χ4n) is 0.817. The van der Waals surface area contributed by atoms with E-state index < -0.39 is 51.9 Å². The van der Waals surface area contributed by atoms with Crippen molar-refractivity contribution in [2.75, 3.05) is 6.61 Å². The molecule has 106 valence electrons. The molecule has 0 atom stereocenters. The molecule has 0 spiro atoms. The van der Waals surface area contributed by atoms with Crippen LogP contribution in [-0.2, 0) is 14.3 Å². The predicted octanol–water partition coefficient (Wildman–Crippen LogP) is -1.12. The number of carbonyl (C=O) groups excluding carboxylic acids is 1. The summed E-state index contributed by atoms with van der Waals surface area (Å²) in [4.78, 5) is 46.8. The summed E-state index contributed by atoms with van der Waals surface area (Å²) in [6, 6.07) is 0. The second-order valence-corrected chi connectivity index (χ2v) is 3.10. The van der Waals surface area contributed by atoms with Gasteiger partial charge in [0.1, 0.15) is 0 Å². The molecule has 0 aliphatic carbocycles. The van der Waals surface area contributed by atoms with E-state index in [4.69, 9.17) is 5.11 Å². The summed E-state index contributed by atoms with van der Waals surface area (Å²) in [6.07, 6.45) is -1.40. The second kappa shape index (κ2) is 6.18. The van der Waals surface area contributed by atoms with Crippen molar-refractivity contribution < 1.29 is 34.2 Å². The molecule has 0 saturated carbocycles. The van der Waals surface area contributed by atoms with Gasteiger partial charge >= 0.3 is 24.3 Å². The van der Waals surface area contributed by atoms with Gasteiger partial charge in [-0.15, -0.1) is 0 Å². The van der Waals surface area contributed by atoms with Crippen molar-refractivity contribution in [2.45, 2.75) is 18.6 Å². The standard InChI is InChI=1S/C6H7N3O10/c10-4(11)1-2-5(12)19-3-6(7(13)14,8(15)16)9(17)18/h1-3H2,(H,10,11). The fraction of sp³-hybridized carbons (Fsp3) is 0.667. The van der Waals surface area contributed by atoms with Gasteiger partial charge in [-0.3, -0.25) is 39.9 Å². The molecule has 13 heteroatoms. The lowest BCUT2D eigenvalue weighted by Crippen LogP contribution is -2.57. The van der Waals surface area contributed by atoms with Gasteiger partial charge < -0.3 is 9.84 Å². The minimum atomic E-state index is -3.90. The molecule has 0 unspecified atom stereocenters. The third-order valence-electron chi connectivity index (χ3n) is 1.85. The van der Waals surface area contributed by atoms with Gasteiger partial charge in [0.05, 0.1) is 12.8 Å². The number of ether oxygens (including phenoxy) is 1. The number of carbonyl (C=O) groups is 2. The highest BCUT2D eigenvalue weighted by atomic mass is 16.7. The number of nitro groups is 3.